The zero-order valence-electron chi connectivity index (χ0n) is 7.62. The van der Waals surface area contributed by atoms with Crippen LogP contribution in [0.25, 0.3) is 0 Å². The lowest BCUT2D eigenvalue weighted by Gasteiger charge is -2.30. The molecule has 0 radical (unpaired) electrons. The van der Waals surface area contributed by atoms with Gasteiger partial charge in [0.25, 0.3) is 0 Å². The third-order valence-electron chi connectivity index (χ3n) is 2.39. The number of hydrogen-bond donors (Lipinski definition) is 1. The van der Waals surface area contributed by atoms with Gasteiger partial charge in [-0.2, -0.15) is 11.8 Å². The number of nitrogens with zero attached hydrogens (tertiary/aromatic N) is 2. The molecule has 1 saturated heterocycles. The van der Waals surface area contributed by atoms with E-state index in [2.05, 4.69) is 17.1 Å². The van der Waals surface area contributed by atoms with E-state index in [0.717, 1.165) is 10.8 Å². The van der Waals surface area contributed by atoms with Crippen molar-refractivity contribution in [2.75, 3.05) is 17.2 Å². The van der Waals surface area contributed by atoms with Crippen molar-refractivity contribution in [2.24, 2.45) is 0 Å². The molecular weight excluding hydrogens is 202 g/mol. The van der Waals surface area contributed by atoms with E-state index < -0.39 is 0 Å². The first-order valence-electron chi connectivity index (χ1n) is 4.38. The van der Waals surface area contributed by atoms with E-state index >= 15 is 0 Å². The molecule has 3 nitrogen and oxygen atoms in total. The molecule has 0 aromatic carbocycles. The number of thioether (sulfide) groups is 1. The second kappa shape index (κ2) is 3.46. The molecule has 1 unspecified atom stereocenters. The van der Waals surface area contributed by atoms with Crippen LogP contribution in [0.1, 0.15) is 24.8 Å². The molecule has 2 rings (SSSR count). The summed E-state index contributed by atoms with van der Waals surface area (Å²) in [5.74, 6) is 2.44. The van der Waals surface area contributed by atoms with Gasteiger partial charge in [-0.25, -0.2) is 0 Å². The number of nitrogens with two attached hydrogens (primary N) is 1. The zero-order valence-corrected chi connectivity index (χ0v) is 9.25. The second-order valence-electron chi connectivity index (χ2n) is 3.66. The summed E-state index contributed by atoms with van der Waals surface area (Å²) < 4.78 is 0. The Morgan fingerprint density at radius 3 is 2.85 bits per heavy atom. The summed E-state index contributed by atoms with van der Waals surface area (Å²) >= 11 is 3.54. The van der Waals surface area contributed by atoms with E-state index in [9.17, 15) is 0 Å². The molecular formula is C8H13N3S2. The van der Waals surface area contributed by atoms with Crippen molar-refractivity contribution in [1.82, 2.24) is 10.2 Å². The van der Waals surface area contributed by atoms with Crippen molar-refractivity contribution in [3.05, 3.63) is 5.01 Å². The first kappa shape index (κ1) is 9.27. The van der Waals surface area contributed by atoms with Crippen LogP contribution in [0.15, 0.2) is 0 Å². The molecule has 5 heteroatoms. The average Bonchev–Trinajstić information content (AvgIpc) is 2.54. The summed E-state index contributed by atoms with van der Waals surface area (Å²) in [6.45, 7) is 2.26. The van der Waals surface area contributed by atoms with Gasteiger partial charge in [0, 0.05) is 11.2 Å². The molecule has 1 fully saturated rings. The lowest BCUT2D eigenvalue weighted by atomic mass is 9.88. The lowest BCUT2D eigenvalue weighted by Crippen LogP contribution is -2.28. The Morgan fingerprint density at radius 1 is 1.46 bits per heavy atom. The largest absolute Gasteiger partial charge is 0.374 e. The maximum absolute atomic E-state index is 5.58. The summed E-state index contributed by atoms with van der Waals surface area (Å²) in [5, 5.41) is 9.71. The maximum Gasteiger partial charge on any atom is 0.203 e. The normalized spacial score (nSPS) is 29.0. The topological polar surface area (TPSA) is 51.8 Å². The van der Waals surface area contributed by atoms with Crippen molar-refractivity contribution in [3.8, 4) is 0 Å². The van der Waals surface area contributed by atoms with Crippen LogP contribution in [0.4, 0.5) is 5.13 Å². The quantitative estimate of drug-likeness (QED) is 0.777. The van der Waals surface area contributed by atoms with Crippen LogP contribution >= 0.6 is 23.1 Å². The summed E-state index contributed by atoms with van der Waals surface area (Å²) in [6, 6.07) is 0. The van der Waals surface area contributed by atoms with Crippen molar-refractivity contribution in [3.63, 3.8) is 0 Å². The Morgan fingerprint density at radius 2 is 2.31 bits per heavy atom. The fourth-order valence-corrected chi connectivity index (χ4v) is 3.68. The van der Waals surface area contributed by atoms with Gasteiger partial charge in [-0.05, 0) is 18.6 Å². The molecule has 0 amide bonds. The molecule has 1 aliphatic heterocycles. The monoisotopic (exact) mass is 215 g/mol. The van der Waals surface area contributed by atoms with Gasteiger partial charge in [-0.1, -0.05) is 18.3 Å². The smallest absolute Gasteiger partial charge is 0.203 e. The molecule has 0 aliphatic carbocycles. The van der Waals surface area contributed by atoms with Crippen LogP contribution in [-0.2, 0) is 5.41 Å². The SMILES string of the molecule is CC1(c2nnc(N)s2)CCCSC1. The van der Waals surface area contributed by atoms with Gasteiger partial charge in [0.1, 0.15) is 5.01 Å². The highest BCUT2D eigenvalue weighted by Crippen LogP contribution is 2.38. The average molecular weight is 215 g/mol. The molecule has 0 bridgehead atoms. The van der Waals surface area contributed by atoms with E-state index in [1.54, 1.807) is 0 Å². The van der Waals surface area contributed by atoms with E-state index in [1.165, 1.54) is 29.9 Å². The second-order valence-corrected chi connectivity index (χ2v) is 5.78. The summed E-state index contributed by atoms with van der Waals surface area (Å²) in [6.07, 6.45) is 2.50. The van der Waals surface area contributed by atoms with Crippen molar-refractivity contribution >= 4 is 28.2 Å². The van der Waals surface area contributed by atoms with Gasteiger partial charge in [0.2, 0.25) is 5.13 Å². The van der Waals surface area contributed by atoms with E-state index in [1.807, 2.05) is 11.8 Å². The molecule has 2 heterocycles. The molecule has 1 atom stereocenters. The molecule has 72 valence electrons. The van der Waals surface area contributed by atoms with Crippen LogP contribution in [-0.4, -0.2) is 21.7 Å². The minimum absolute atomic E-state index is 0.220. The van der Waals surface area contributed by atoms with Gasteiger partial charge in [-0.3, -0.25) is 0 Å². The maximum atomic E-state index is 5.58. The van der Waals surface area contributed by atoms with Crippen LogP contribution in [0.2, 0.25) is 0 Å². The Balaban J connectivity index is 2.22. The highest BCUT2D eigenvalue weighted by molar-refractivity contribution is 7.99. The van der Waals surface area contributed by atoms with Gasteiger partial charge < -0.3 is 5.73 Å². The highest BCUT2D eigenvalue weighted by Gasteiger charge is 2.32. The summed E-state index contributed by atoms with van der Waals surface area (Å²) in [7, 11) is 0. The van der Waals surface area contributed by atoms with Crippen molar-refractivity contribution in [2.45, 2.75) is 25.2 Å². The standard InChI is InChI=1S/C8H13N3S2/c1-8(3-2-4-12-5-8)6-10-11-7(9)13-6/h2-5H2,1H3,(H2,9,11). The van der Waals surface area contributed by atoms with Gasteiger partial charge in [-0.15, -0.1) is 10.2 Å². The number of nitrogen functional groups attached to an aromatic ring is 1. The van der Waals surface area contributed by atoms with Gasteiger partial charge in [0.15, 0.2) is 0 Å². The molecule has 1 aromatic rings. The van der Waals surface area contributed by atoms with Crippen LogP contribution in [0, 0.1) is 0 Å². The first-order chi connectivity index (χ1) is 6.21. The van der Waals surface area contributed by atoms with Gasteiger partial charge in [0.05, 0.1) is 0 Å². The highest BCUT2D eigenvalue weighted by atomic mass is 32.2. The molecule has 1 aliphatic rings. The lowest BCUT2D eigenvalue weighted by molar-refractivity contribution is 0.466. The predicted molar refractivity (Wildman–Crippen MR) is 58.2 cm³/mol. The fraction of sp³-hybridized carbons (Fsp3) is 0.750. The van der Waals surface area contributed by atoms with Crippen LogP contribution < -0.4 is 5.73 Å². The van der Waals surface area contributed by atoms with Crippen LogP contribution in [0.5, 0.6) is 0 Å². The van der Waals surface area contributed by atoms with E-state index in [-0.39, 0.29) is 5.41 Å². The molecule has 13 heavy (non-hydrogen) atoms. The zero-order chi connectivity index (χ0) is 9.31. The minimum Gasteiger partial charge on any atom is -0.374 e. The van der Waals surface area contributed by atoms with E-state index in [4.69, 9.17) is 5.73 Å². The molecule has 0 saturated carbocycles. The number of hydrogen-bond acceptors (Lipinski definition) is 5. The minimum atomic E-state index is 0.220. The number of rotatable bonds is 1. The number of anilines is 1. The summed E-state index contributed by atoms with van der Waals surface area (Å²) in [4.78, 5) is 0. The van der Waals surface area contributed by atoms with Crippen molar-refractivity contribution < 1.29 is 0 Å². The van der Waals surface area contributed by atoms with Crippen LogP contribution in [0.3, 0.4) is 0 Å². The Labute approximate surface area is 86.1 Å². The fourth-order valence-electron chi connectivity index (χ4n) is 1.58. The summed E-state index contributed by atoms with van der Waals surface area (Å²) in [5.41, 5.74) is 5.80. The van der Waals surface area contributed by atoms with Crippen molar-refractivity contribution in [1.29, 1.82) is 0 Å². The molecule has 1 aromatic heterocycles. The third kappa shape index (κ3) is 1.81. The van der Waals surface area contributed by atoms with E-state index in [0.29, 0.717) is 5.13 Å². The third-order valence-corrected chi connectivity index (χ3v) is 4.87. The van der Waals surface area contributed by atoms with Gasteiger partial charge >= 0.3 is 0 Å². The first-order valence-corrected chi connectivity index (χ1v) is 6.35. The molecule has 0 spiro atoms. The Kier molecular flexibility index (Phi) is 2.47. The Bertz CT molecular complexity index is 291. The predicted octanol–water partition coefficient (Wildman–Crippen LogP) is 1.90. The number of aromatic nitrogens is 2. The molecule has 2 N–H and O–H groups in total. The Hall–Kier alpha value is -0.290.